The minimum atomic E-state index is 0.0600. The van der Waals surface area contributed by atoms with Crippen LogP contribution in [0.15, 0.2) is 42.6 Å². The molecule has 4 rings (SSSR count). The molecule has 2 aliphatic rings. The fourth-order valence-corrected chi connectivity index (χ4v) is 5.05. The summed E-state index contributed by atoms with van der Waals surface area (Å²) in [5.74, 6) is 3.52. The van der Waals surface area contributed by atoms with Crippen LogP contribution in [0.25, 0.3) is 6.08 Å². The van der Waals surface area contributed by atoms with Crippen molar-refractivity contribution in [2.24, 2.45) is 5.92 Å². The van der Waals surface area contributed by atoms with Gasteiger partial charge in [-0.05, 0) is 78.4 Å². The van der Waals surface area contributed by atoms with Gasteiger partial charge in [0.25, 0.3) is 0 Å². The molecular weight excluding hydrogens is 456 g/mol. The molecule has 0 bridgehead atoms. The standard InChI is InChI=1S/C29H36N2O5/c1-30(19-20-12-22-15-26(34-3)27(35-4)16-23(22)13-20)9-6-7-10-31-11-8-21-14-25(33-2)28(36-5)17-24(21)18-29(31)32/h6-8,11,14-17,20H,9-10,12-13,18-19H2,1-5H3. The molecule has 7 heteroatoms. The summed E-state index contributed by atoms with van der Waals surface area (Å²) in [6.45, 7) is 2.38. The van der Waals surface area contributed by atoms with Gasteiger partial charge in [-0.3, -0.25) is 4.79 Å². The molecule has 0 aromatic heterocycles. The van der Waals surface area contributed by atoms with E-state index in [1.807, 2.05) is 24.4 Å². The molecule has 0 fully saturated rings. The summed E-state index contributed by atoms with van der Waals surface area (Å²) in [5.41, 5.74) is 4.61. The van der Waals surface area contributed by atoms with Gasteiger partial charge in [-0.1, -0.05) is 12.2 Å². The lowest BCUT2D eigenvalue weighted by Crippen LogP contribution is -2.28. The van der Waals surface area contributed by atoms with Gasteiger partial charge in [-0.15, -0.1) is 0 Å². The molecule has 1 aliphatic heterocycles. The van der Waals surface area contributed by atoms with Crippen molar-refractivity contribution in [1.82, 2.24) is 9.80 Å². The summed E-state index contributed by atoms with van der Waals surface area (Å²) in [5, 5.41) is 0. The predicted octanol–water partition coefficient (Wildman–Crippen LogP) is 3.98. The number of carbonyl (C=O) groups is 1. The highest BCUT2D eigenvalue weighted by Gasteiger charge is 2.25. The van der Waals surface area contributed by atoms with Gasteiger partial charge in [0.15, 0.2) is 23.0 Å². The maximum absolute atomic E-state index is 12.8. The zero-order valence-electron chi connectivity index (χ0n) is 21.9. The van der Waals surface area contributed by atoms with Crippen molar-refractivity contribution in [2.75, 3.05) is 55.1 Å². The van der Waals surface area contributed by atoms with Crippen molar-refractivity contribution >= 4 is 12.0 Å². The lowest BCUT2D eigenvalue weighted by atomic mass is 10.0. The van der Waals surface area contributed by atoms with Crippen molar-refractivity contribution in [2.45, 2.75) is 19.3 Å². The number of ether oxygens (including phenoxy) is 4. The van der Waals surface area contributed by atoms with E-state index in [0.717, 1.165) is 48.6 Å². The molecule has 192 valence electrons. The Morgan fingerprint density at radius 1 is 0.861 bits per heavy atom. The minimum absolute atomic E-state index is 0.0600. The molecule has 0 spiro atoms. The van der Waals surface area contributed by atoms with E-state index in [1.54, 1.807) is 33.3 Å². The van der Waals surface area contributed by atoms with Crippen LogP contribution in [0.2, 0.25) is 0 Å². The Labute approximate surface area is 213 Å². The van der Waals surface area contributed by atoms with E-state index in [4.69, 9.17) is 18.9 Å². The largest absolute Gasteiger partial charge is 0.493 e. The number of amides is 1. The van der Waals surface area contributed by atoms with Crippen LogP contribution in [0.3, 0.4) is 0 Å². The van der Waals surface area contributed by atoms with E-state index in [1.165, 1.54) is 11.1 Å². The Morgan fingerprint density at radius 3 is 2.00 bits per heavy atom. The number of hydrogen-bond donors (Lipinski definition) is 0. The van der Waals surface area contributed by atoms with Crippen LogP contribution in [-0.2, 0) is 24.1 Å². The van der Waals surface area contributed by atoms with E-state index in [9.17, 15) is 4.79 Å². The summed E-state index contributed by atoms with van der Waals surface area (Å²) < 4.78 is 21.7. The maximum Gasteiger partial charge on any atom is 0.231 e. The number of hydrogen-bond acceptors (Lipinski definition) is 6. The third-order valence-electron chi connectivity index (χ3n) is 6.92. The smallest absolute Gasteiger partial charge is 0.231 e. The van der Waals surface area contributed by atoms with Crippen LogP contribution in [0, 0.1) is 5.92 Å². The van der Waals surface area contributed by atoms with E-state index in [2.05, 4.69) is 36.2 Å². The van der Waals surface area contributed by atoms with E-state index < -0.39 is 0 Å². The van der Waals surface area contributed by atoms with Gasteiger partial charge < -0.3 is 28.7 Å². The number of rotatable bonds is 10. The van der Waals surface area contributed by atoms with E-state index in [0.29, 0.717) is 30.4 Å². The van der Waals surface area contributed by atoms with Gasteiger partial charge >= 0.3 is 0 Å². The van der Waals surface area contributed by atoms with Crippen LogP contribution in [0.1, 0.15) is 22.3 Å². The molecule has 0 atom stereocenters. The normalized spacial score (nSPS) is 15.3. The minimum Gasteiger partial charge on any atom is -0.493 e. The Bertz CT molecular complexity index is 1120. The van der Waals surface area contributed by atoms with Crippen LogP contribution in [-0.4, -0.2) is 70.8 Å². The molecule has 1 heterocycles. The maximum atomic E-state index is 12.8. The number of nitrogens with zero attached hydrogens (tertiary/aromatic N) is 2. The van der Waals surface area contributed by atoms with Crippen molar-refractivity contribution < 1.29 is 23.7 Å². The van der Waals surface area contributed by atoms with Crippen LogP contribution < -0.4 is 18.9 Å². The van der Waals surface area contributed by atoms with Crippen LogP contribution in [0.4, 0.5) is 0 Å². The van der Waals surface area contributed by atoms with Gasteiger partial charge in [0.05, 0.1) is 34.9 Å². The Balaban J connectivity index is 1.28. The zero-order chi connectivity index (χ0) is 25.7. The third kappa shape index (κ3) is 5.68. The van der Waals surface area contributed by atoms with Crippen molar-refractivity contribution in [1.29, 1.82) is 0 Å². The lowest BCUT2D eigenvalue weighted by Gasteiger charge is -2.19. The average Bonchev–Trinajstić information content (AvgIpc) is 3.20. The SMILES string of the molecule is COc1cc2c(cc1OC)CC(=O)N(CC=CCN(C)CC1Cc3cc(OC)c(OC)cc3C1)C=C2. The second-order valence-electron chi connectivity index (χ2n) is 9.39. The van der Waals surface area contributed by atoms with E-state index in [-0.39, 0.29) is 5.91 Å². The predicted molar refractivity (Wildman–Crippen MR) is 141 cm³/mol. The highest BCUT2D eigenvalue weighted by molar-refractivity contribution is 5.84. The molecule has 0 saturated heterocycles. The molecule has 0 radical (unpaired) electrons. The first-order chi connectivity index (χ1) is 17.4. The Kier molecular flexibility index (Phi) is 8.21. The lowest BCUT2D eigenvalue weighted by molar-refractivity contribution is -0.127. The number of carbonyl (C=O) groups excluding carboxylic acids is 1. The highest BCUT2D eigenvalue weighted by atomic mass is 16.5. The van der Waals surface area contributed by atoms with Crippen LogP contribution >= 0.6 is 0 Å². The summed E-state index contributed by atoms with van der Waals surface area (Å²) in [4.78, 5) is 16.9. The number of methoxy groups -OCH3 is 4. The molecule has 0 unspecified atom stereocenters. The molecule has 1 amide bonds. The monoisotopic (exact) mass is 492 g/mol. The van der Waals surface area contributed by atoms with Gasteiger partial charge in [0.2, 0.25) is 5.91 Å². The van der Waals surface area contributed by atoms with Crippen molar-refractivity contribution in [3.8, 4) is 23.0 Å². The second kappa shape index (κ2) is 11.5. The van der Waals surface area contributed by atoms with Gasteiger partial charge in [-0.25, -0.2) is 0 Å². The molecule has 1 aliphatic carbocycles. The summed E-state index contributed by atoms with van der Waals surface area (Å²) >= 11 is 0. The first kappa shape index (κ1) is 25.6. The summed E-state index contributed by atoms with van der Waals surface area (Å²) in [6, 6.07) is 8.03. The fourth-order valence-electron chi connectivity index (χ4n) is 5.05. The Hall–Kier alpha value is -3.45. The van der Waals surface area contributed by atoms with Gasteiger partial charge in [-0.2, -0.15) is 0 Å². The number of benzene rings is 2. The molecular formula is C29H36N2O5. The second-order valence-corrected chi connectivity index (χ2v) is 9.39. The molecule has 36 heavy (non-hydrogen) atoms. The van der Waals surface area contributed by atoms with Gasteiger partial charge in [0, 0.05) is 25.8 Å². The van der Waals surface area contributed by atoms with Crippen molar-refractivity contribution in [3.05, 3.63) is 64.9 Å². The number of fused-ring (bicyclic) bond motifs is 2. The van der Waals surface area contributed by atoms with Crippen LogP contribution in [0.5, 0.6) is 23.0 Å². The fraction of sp³-hybridized carbons (Fsp3) is 0.414. The molecule has 0 N–H and O–H groups in total. The summed E-state index contributed by atoms with van der Waals surface area (Å²) in [7, 11) is 8.72. The quantitative estimate of drug-likeness (QED) is 0.468. The zero-order valence-corrected chi connectivity index (χ0v) is 21.9. The number of likely N-dealkylation sites (N-methyl/N-ethyl adjacent to an activating group) is 1. The first-order valence-corrected chi connectivity index (χ1v) is 12.3. The molecule has 0 saturated carbocycles. The molecule has 7 nitrogen and oxygen atoms in total. The third-order valence-corrected chi connectivity index (χ3v) is 6.92. The van der Waals surface area contributed by atoms with Gasteiger partial charge in [0.1, 0.15) is 0 Å². The average molecular weight is 493 g/mol. The molecule has 2 aromatic rings. The topological polar surface area (TPSA) is 60.5 Å². The van der Waals surface area contributed by atoms with E-state index >= 15 is 0 Å². The highest BCUT2D eigenvalue weighted by Crippen LogP contribution is 2.37. The first-order valence-electron chi connectivity index (χ1n) is 12.3. The molecule has 2 aromatic carbocycles. The summed E-state index contributed by atoms with van der Waals surface area (Å²) in [6.07, 6.45) is 10.4. The van der Waals surface area contributed by atoms with Crippen molar-refractivity contribution in [3.63, 3.8) is 0 Å². The Morgan fingerprint density at radius 2 is 1.42 bits per heavy atom.